The molecule has 0 spiro atoms. The Hall–Kier alpha value is -2.75. The minimum atomic E-state index is -0.802. The average molecular weight is 382 g/mol. The number of nitrogens with zero attached hydrogens (tertiary/aromatic N) is 2. The van der Waals surface area contributed by atoms with Gasteiger partial charge in [-0.25, -0.2) is 4.79 Å². The third kappa shape index (κ3) is 4.66. The lowest BCUT2D eigenvalue weighted by atomic mass is 10.1. The first-order valence-corrected chi connectivity index (χ1v) is 8.30. The number of non-ortho nitro benzene ring substituents is 1. The number of aliphatic hydroxyl groups excluding tert-OH is 1. The van der Waals surface area contributed by atoms with Crippen LogP contribution in [0.1, 0.15) is 18.9 Å². The monoisotopic (exact) mass is 382 g/mol. The Morgan fingerprint density at radius 1 is 1.35 bits per heavy atom. The van der Waals surface area contributed by atoms with Gasteiger partial charge in [-0.15, -0.1) is 0 Å². The first kappa shape index (κ1) is 19.6. The topological polar surface area (TPSA) is 119 Å². The van der Waals surface area contributed by atoms with Crippen molar-refractivity contribution in [2.75, 3.05) is 13.2 Å². The van der Waals surface area contributed by atoms with Gasteiger partial charge in [-0.3, -0.25) is 19.8 Å². The van der Waals surface area contributed by atoms with Gasteiger partial charge in [0.05, 0.1) is 17.4 Å². The Kier molecular flexibility index (Phi) is 6.45. The maximum atomic E-state index is 12.3. The van der Waals surface area contributed by atoms with Gasteiger partial charge < -0.3 is 14.6 Å². The zero-order chi connectivity index (χ0) is 19.3. The van der Waals surface area contributed by atoms with Crippen molar-refractivity contribution in [3.63, 3.8) is 0 Å². The van der Waals surface area contributed by atoms with E-state index in [0.29, 0.717) is 5.56 Å². The number of nitro benzene ring substituents is 1. The molecule has 1 N–H and O–H groups in total. The molecule has 1 aromatic carbocycles. The predicted octanol–water partition coefficient (Wildman–Crippen LogP) is 2.37. The van der Waals surface area contributed by atoms with Gasteiger partial charge in [0.1, 0.15) is 12.6 Å². The van der Waals surface area contributed by atoms with Gasteiger partial charge in [0, 0.05) is 18.7 Å². The van der Waals surface area contributed by atoms with Crippen LogP contribution >= 0.6 is 12.2 Å². The number of carbonyl (C=O) groups is 2. The Bertz CT molecular complexity index is 707. The number of amides is 1. The number of nitro groups is 1. The largest absolute Gasteiger partial charge is 0.500 e. The van der Waals surface area contributed by atoms with Gasteiger partial charge in [0.2, 0.25) is 0 Å². The number of hydrogen-bond acceptors (Lipinski definition) is 7. The van der Waals surface area contributed by atoms with E-state index in [4.69, 9.17) is 21.7 Å². The molecule has 9 nitrogen and oxygen atoms in total. The lowest BCUT2D eigenvalue weighted by Gasteiger charge is -2.22. The van der Waals surface area contributed by atoms with Crippen molar-refractivity contribution < 1.29 is 29.1 Å². The highest BCUT2D eigenvalue weighted by Gasteiger charge is 2.42. The van der Waals surface area contributed by atoms with E-state index in [-0.39, 0.29) is 31.9 Å². The van der Waals surface area contributed by atoms with Crippen LogP contribution in [0, 0.1) is 16.0 Å². The fourth-order valence-electron chi connectivity index (χ4n) is 2.64. The van der Waals surface area contributed by atoms with Crippen LogP contribution in [0.2, 0.25) is 0 Å². The summed E-state index contributed by atoms with van der Waals surface area (Å²) in [6.07, 6.45) is -0.572. The number of esters is 1. The lowest BCUT2D eigenvalue weighted by Crippen LogP contribution is -2.40. The molecule has 1 aromatic rings. The molecule has 0 bridgehead atoms. The molecule has 1 aliphatic heterocycles. The average Bonchev–Trinajstić information content (AvgIpc) is 3.06. The molecule has 1 aliphatic rings. The van der Waals surface area contributed by atoms with Gasteiger partial charge in [0.15, 0.2) is 5.05 Å². The van der Waals surface area contributed by atoms with Crippen molar-refractivity contribution in [3.05, 3.63) is 39.9 Å². The maximum absolute atomic E-state index is 12.3. The quantitative estimate of drug-likeness (QED) is 0.345. The van der Waals surface area contributed by atoms with Crippen LogP contribution in [-0.2, 0) is 20.9 Å². The second-order valence-corrected chi connectivity index (χ2v) is 6.09. The number of rotatable bonds is 6. The van der Waals surface area contributed by atoms with E-state index < -0.39 is 34.0 Å². The van der Waals surface area contributed by atoms with Gasteiger partial charge in [-0.2, -0.15) is 0 Å². The third-order valence-corrected chi connectivity index (χ3v) is 4.22. The molecule has 1 heterocycles. The fourth-order valence-corrected chi connectivity index (χ4v) is 2.87. The molecule has 1 unspecified atom stereocenters. The third-order valence-electron chi connectivity index (χ3n) is 3.95. The van der Waals surface area contributed by atoms with E-state index >= 15 is 0 Å². The number of benzene rings is 1. The van der Waals surface area contributed by atoms with Crippen molar-refractivity contribution >= 4 is 35.0 Å². The maximum Gasteiger partial charge on any atom is 0.410 e. The van der Waals surface area contributed by atoms with Crippen molar-refractivity contribution in [2.24, 2.45) is 5.92 Å². The summed E-state index contributed by atoms with van der Waals surface area (Å²) in [5, 5.41) is 19.9. The zero-order valence-electron chi connectivity index (χ0n) is 14.0. The highest BCUT2D eigenvalue weighted by atomic mass is 32.1. The number of thiocarbonyl (C=S) groups is 1. The second-order valence-electron chi connectivity index (χ2n) is 5.67. The Balaban J connectivity index is 1.98. The predicted molar refractivity (Wildman–Crippen MR) is 93.7 cm³/mol. The first-order valence-electron chi connectivity index (χ1n) is 7.89. The zero-order valence-corrected chi connectivity index (χ0v) is 14.8. The van der Waals surface area contributed by atoms with Crippen LogP contribution < -0.4 is 0 Å². The molecule has 0 aliphatic carbocycles. The van der Waals surface area contributed by atoms with Gasteiger partial charge >= 0.3 is 12.1 Å². The van der Waals surface area contributed by atoms with Gasteiger partial charge in [0.25, 0.3) is 5.69 Å². The summed E-state index contributed by atoms with van der Waals surface area (Å²) < 4.78 is 10.1. The molecule has 10 heteroatoms. The summed E-state index contributed by atoms with van der Waals surface area (Å²) in [5.74, 6) is -1.05. The fraction of sp³-hybridized carbons (Fsp3) is 0.438. The van der Waals surface area contributed by atoms with Crippen molar-refractivity contribution in [1.82, 2.24) is 4.90 Å². The SMILES string of the molecule is CCOC(=O)C1C[C@@H](C(O)=S)N(C(=O)OCc2ccc([N+](=O)[O-])cc2)C1. The van der Waals surface area contributed by atoms with E-state index in [1.807, 2.05) is 0 Å². The van der Waals surface area contributed by atoms with E-state index in [0.717, 1.165) is 0 Å². The Morgan fingerprint density at radius 2 is 2.00 bits per heavy atom. The van der Waals surface area contributed by atoms with Gasteiger partial charge in [-0.05, 0) is 43.3 Å². The van der Waals surface area contributed by atoms with Crippen molar-refractivity contribution in [3.8, 4) is 0 Å². The molecule has 1 saturated heterocycles. The van der Waals surface area contributed by atoms with E-state index in [2.05, 4.69) is 0 Å². The normalized spacial score (nSPS) is 19.0. The molecule has 0 saturated carbocycles. The van der Waals surface area contributed by atoms with Gasteiger partial charge in [-0.1, -0.05) is 0 Å². The summed E-state index contributed by atoms with van der Waals surface area (Å²) in [6, 6.07) is 4.77. The molecule has 26 heavy (non-hydrogen) atoms. The minimum absolute atomic E-state index is 0.0310. The van der Waals surface area contributed by atoms with Crippen LogP contribution in [0.5, 0.6) is 0 Å². The highest BCUT2D eigenvalue weighted by molar-refractivity contribution is 7.80. The van der Waals surface area contributed by atoms with Crippen molar-refractivity contribution in [1.29, 1.82) is 0 Å². The number of ether oxygens (including phenoxy) is 2. The van der Waals surface area contributed by atoms with Crippen LogP contribution in [0.4, 0.5) is 10.5 Å². The summed E-state index contributed by atoms with van der Waals surface area (Å²) in [4.78, 5) is 35.5. The molecule has 2 rings (SSSR count). The summed E-state index contributed by atoms with van der Waals surface area (Å²) >= 11 is 4.76. The van der Waals surface area contributed by atoms with E-state index in [1.54, 1.807) is 6.92 Å². The molecular weight excluding hydrogens is 364 g/mol. The highest BCUT2D eigenvalue weighted by Crippen LogP contribution is 2.26. The second kappa shape index (κ2) is 8.56. The molecule has 140 valence electrons. The molecule has 2 atom stereocenters. The molecular formula is C16H18N2O7S. The summed E-state index contributed by atoms with van der Waals surface area (Å²) in [7, 11) is 0. The molecule has 1 amide bonds. The number of hydrogen-bond donors (Lipinski definition) is 1. The molecule has 0 aromatic heterocycles. The van der Waals surface area contributed by atoms with E-state index in [9.17, 15) is 24.8 Å². The van der Waals surface area contributed by atoms with E-state index in [1.165, 1.54) is 29.2 Å². The Morgan fingerprint density at radius 3 is 2.54 bits per heavy atom. The van der Waals surface area contributed by atoms with Crippen LogP contribution in [0.25, 0.3) is 0 Å². The van der Waals surface area contributed by atoms with Crippen molar-refractivity contribution in [2.45, 2.75) is 26.0 Å². The summed E-state index contributed by atoms with van der Waals surface area (Å²) in [5.41, 5.74) is 0.496. The van der Waals surface area contributed by atoms with Crippen LogP contribution in [0.15, 0.2) is 24.3 Å². The minimum Gasteiger partial charge on any atom is -0.500 e. The number of carbonyl (C=O) groups excluding carboxylic acids is 2. The number of aliphatic hydroxyl groups is 1. The smallest absolute Gasteiger partial charge is 0.410 e. The Labute approximate surface area is 154 Å². The number of likely N-dealkylation sites (tertiary alicyclic amines) is 1. The standard InChI is InChI=1S/C16H18N2O7S/c1-2-24-14(19)11-7-13(15(20)26)17(8-11)16(21)25-9-10-3-5-12(6-4-10)18(22)23/h3-6,11,13H,2,7-9H2,1H3,(H,20,26)/t11?,13-/m0/s1. The molecule has 0 radical (unpaired) electrons. The summed E-state index contributed by atoms with van der Waals surface area (Å²) in [6.45, 7) is 1.82. The van der Waals surface area contributed by atoms with Crippen LogP contribution in [0.3, 0.4) is 0 Å². The van der Waals surface area contributed by atoms with Crippen LogP contribution in [-0.4, -0.2) is 51.2 Å². The molecule has 1 fully saturated rings. The lowest BCUT2D eigenvalue weighted by molar-refractivity contribution is -0.384. The first-order chi connectivity index (χ1) is 12.3.